The Morgan fingerprint density at radius 2 is 1.93 bits per heavy atom. The number of aromatic nitrogens is 2. The van der Waals surface area contributed by atoms with E-state index in [0.29, 0.717) is 24.9 Å². The van der Waals surface area contributed by atoms with Gasteiger partial charge in [0.1, 0.15) is 0 Å². The molecule has 2 atom stereocenters. The molecule has 0 spiro atoms. The van der Waals surface area contributed by atoms with Crippen molar-refractivity contribution in [2.75, 3.05) is 26.2 Å². The predicted octanol–water partition coefficient (Wildman–Crippen LogP) is 2.97. The van der Waals surface area contributed by atoms with Gasteiger partial charge in [0.25, 0.3) is 5.56 Å². The van der Waals surface area contributed by atoms with Crippen LogP contribution in [0.15, 0.2) is 29.3 Å². The molecule has 1 aliphatic rings. The quantitative estimate of drug-likeness (QED) is 0.694. The molecule has 0 saturated carbocycles. The zero-order valence-corrected chi connectivity index (χ0v) is 18.0. The molecule has 1 N–H and O–H groups in total. The van der Waals surface area contributed by atoms with Gasteiger partial charge in [-0.05, 0) is 56.2 Å². The highest BCUT2D eigenvalue weighted by molar-refractivity contribution is 5.80. The number of hydrogen-bond donors (Lipinski definition) is 1. The topological polar surface area (TPSA) is 67.2 Å². The van der Waals surface area contributed by atoms with Gasteiger partial charge in [-0.25, -0.2) is 4.98 Å². The van der Waals surface area contributed by atoms with Crippen LogP contribution in [-0.2, 0) is 11.3 Å². The average Bonchev–Trinajstić information content (AvgIpc) is 2.67. The Labute approximate surface area is 173 Å². The molecule has 158 valence electrons. The van der Waals surface area contributed by atoms with Gasteiger partial charge in [0.2, 0.25) is 5.91 Å². The summed E-state index contributed by atoms with van der Waals surface area (Å²) >= 11 is 0. The second kappa shape index (κ2) is 10.0. The van der Waals surface area contributed by atoms with Gasteiger partial charge in [-0.3, -0.25) is 14.2 Å². The number of rotatable bonds is 8. The van der Waals surface area contributed by atoms with Crippen LogP contribution in [0.25, 0.3) is 10.9 Å². The number of piperidine rings is 1. The van der Waals surface area contributed by atoms with Crippen molar-refractivity contribution in [2.45, 2.75) is 53.0 Å². The van der Waals surface area contributed by atoms with Gasteiger partial charge in [-0.2, -0.15) is 0 Å². The molecular weight excluding hydrogens is 364 g/mol. The lowest BCUT2D eigenvalue weighted by molar-refractivity contribution is -0.121. The minimum absolute atomic E-state index is 0.0125. The Kier molecular flexibility index (Phi) is 7.42. The summed E-state index contributed by atoms with van der Waals surface area (Å²) in [6, 6.07) is 5.60. The highest BCUT2D eigenvalue weighted by Gasteiger charge is 2.20. The van der Waals surface area contributed by atoms with Crippen LogP contribution in [0.4, 0.5) is 0 Å². The van der Waals surface area contributed by atoms with Crippen molar-refractivity contribution in [3.63, 3.8) is 0 Å². The summed E-state index contributed by atoms with van der Waals surface area (Å²) in [5, 5.41) is 3.59. The summed E-state index contributed by atoms with van der Waals surface area (Å²) in [5.41, 5.74) is 1.63. The number of aryl methyl sites for hydroxylation is 2. The SMILES string of the molecule is Cc1cccc2c(=O)n(CCC(=O)NCCCCN3C[C@H](C)C[C@@H](C)C3)cnc12. The van der Waals surface area contributed by atoms with Gasteiger partial charge in [0.15, 0.2) is 0 Å². The lowest BCUT2D eigenvalue weighted by Crippen LogP contribution is -2.39. The van der Waals surface area contributed by atoms with Crippen molar-refractivity contribution >= 4 is 16.8 Å². The zero-order valence-electron chi connectivity index (χ0n) is 18.0. The molecule has 6 nitrogen and oxygen atoms in total. The first-order chi connectivity index (χ1) is 13.9. The first-order valence-electron chi connectivity index (χ1n) is 10.9. The number of carbonyl (C=O) groups is 1. The fourth-order valence-corrected chi connectivity index (χ4v) is 4.47. The Hall–Kier alpha value is -2.21. The number of nitrogens with one attached hydrogen (secondary N) is 1. The number of benzene rings is 1. The number of fused-ring (bicyclic) bond motifs is 1. The maximum absolute atomic E-state index is 12.6. The largest absolute Gasteiger partial charge is 0.356 e. The molecule has 0 aliphatic carbocycles. The van der Waals surface area contributed by atoms with Crippen LogP contribution in [0.2, 0.25) is 0 Å². The Balaban J connectivity index is 1.38. The third kappa shape index (κ3) is 5.89. The molecule has 1 aliphatic heterocycles. The van der Waals surface area contributed by atoms with Crippen molar-refractivity contribution in [3.05, 3.63) is 40.4 Å². The standard InChI is InChI=1S/C23H34N4O2/c1-17-13-18(2)15-26(14-17)11-5-4-10-24-21(28)9-12-27-16-25-22-19(3)7-6-8-20(22)23(27)29/h6-8,16-18H,4-5,9-15H2,1-3H3,(H,24,28)/t17-,18-/m1/s1. The van der Waals surface area contributed by atoms with Crippen LogP contribution in [0.1, 0.15) is 45.1 Å². The average molecular weight is 399 g/mol. The van der Waals surface area contributed by atoms with E-state index in [9.17, 15) is 9.59 Å². The van der Waals surface area contributed by atoms with E-state index in [1.54, 1.807) is 12.4 Å². The van der Waals surface area contributed by atoms with Crippen molar-refractivity contribution in [3.8, 4) is 0 Å². The van der Waals surface area contributed by atoms with Gasteiger partial charge in [-0.1, -0.05) is 26.0 Å². The summed E-state index contributed by atoms with van der Waals surface area (Å²) in [6.07, 6.45) is 5.27. The van der Waals surface area contributed by atoms with E-state index in [2.05, 4.69) is 29.0 Å². The van der Waals surface area contributed by atoms with E-state index in [1.165, 1.54) is 24.1 Å². The second-order valence-corrected chi connectivity index (χ2v) is 8.73. The van der Waals surface area contributed by atoms with Crippen LogP contribution < -0.4 is 10.9 Å². The number of amides is 1. The Morgan fingerprint density at radius 1 is 1.17 bits per heavy atom. The van der Waals surface area contributed by atoms with E-state index in [0.717, 1.165) is 42.3 Å². The van der Waals surface area contributed by atoms with Crippen molar-refractivity contribution < 1.29 is 4.79 Å². The van der Waals surface area contributed by atoms with E-state index in [-0.39, 0.29) is 11.5 Å². The fraction of sp³-hybridized carbons (Fsp3) is 0.609. The second-order valence-electron chi connectivity index (χ2n) is 8.73. The lowest BCUT2D eigenvalue weighted by Gasteiger charge is -2.34. The molecule has 2 heterocycles. The number of unbranched alkanes of at least 4 members (excludes halogenated alkanes) is 1. The van der Waals surface area contributed by atoms with Gasteiger partial charge in [0, 0.05) is 32.6 Å². The zero-order chi connectivity index (χ0) is 20.8. The number of likely N-dealkylation sites (tertiary alicyclic amines) is 1. The highest BCUT2D eigenvalue weighted by Crippen LogP contribution is 2.20. The van der Waals surface area contributed by atoms with Crippen LogP contribution in [0.5, 0.6) is 0 Å². The molecule has 1 aromatic carbocycles. The van der Waals surface area contributed by atoms with E-state index in [1.807, 2.05) is 19.1 Å². The Bertz CT molecular complexity index is 882. The van der Waals surface area contributed by atoms with Crippen molar-refractivity contribution in [2.24, 2.45) is 11.8 Å². The van der Waals surface area contributed by atoms with E-state index < -0.39 is 0 Å². The molecule has 29 heavy (non-hydrogen) atoms. The van der Waals surface area contributed by atoms with E-state index in [4.69, 9.17) is 0 Å². The van der Waals surface area contributed by atoms with Crippen LogP contribution in [0.3, 0.4) is 0 Å². The first kappa shape index (κ1) is 21.5. The Morgan fingerprint density at radius 3 is 2.69 bits per heavy atom. The normalized spacial score (nSPS) is 20.1. The van der Waals surface area contributed by atoms with Gasteiger partial charge < -0.3 is 10.2 Å². The molecule has 0 unspecified atom stereocenters. The summed E-state index contributed by atoms with van der Waals surface area (Å²) in [4.78, 5) is 31.7. The monoisotopic (exact) mass is 398 g/mol. The maximum Gasteiger partial charge on any atom is 0.261 e. The molecule has 3 rings (SSSR count). The molecule has 6 heteroatoms. The summed E-state index contributed by atoms with van der Waals surface area (Å²) in [7, 11) is 0. The molecule has 0 bridgehead atoms. The minimum atomic E-state index is -0.0866. The molecule has 0 radical (unpaired) electrons. The lowest BCUT2D eigenvalue weighted by atomic mass is 9.92. The molecule has 1 amide bonds. The van der Waals surface area contributed by atoms with E-state index >= 15 is 0 Å². The van der Waals surface area contributed by atoms with Gasteiger partial charge in [0.05, 0.1) is 17.2 Å². The summed E-state index contributed by atoms with van der Waals surface area (Å²) in [6.45, 7) is 11.2. The van der Waals surface area contributed by atoms with Crippen molar-refractivity contribution in [1.82, 2.24) is 19.8 Å². The smallest absolute Gasteiger partial charge is 0.261 e. The number of nitrogens with zero attached hydrogens (tertiary/aromatic N) is 3. The fourth-order valence-electron chi connectivity index (χ4n) is 4.47. The van der Waals surface area contributed by atoms with Crippen LogP contribution in [-0.4, -0.2) is 46.5 Å². The first-order valence-corrected chi connectivity index (χ1v) is 10.9. The van der Waals surface area contributed by atoms with Gasteiger partial charge in [-0.15, -0.1) is 0 Å². The minimum Gasteiger partial charge on any atom is -0.356 e. The molecule has 1 fully saturated rings. The summed E-state index contributed by atoms with van der Waals surface area (Å²) < 4.78 is 1.53. The number of para-hydroxylation sites is 1. The maximum atomic E-state index is 12.6. The third-order valence-electron chi connectivity index (χ3n) is 5.80. The summed E-state index contributed by atoms with van der Waals surface area (Å²) in [5.74, 6) is 1.56. The number of carbonyl (C=O) groups excluding carboxylic acids is 1. The number of hydrogen-bond acceptors (Lipinski definition) is 4. The highest BCUT2D eigenvalue weighted by atomic mass is 16.1. The predicted molar refractivity (Wildman–Crippen MR) is 117 cm³/mol. The molecule has 2 aromatic rings. The molecule has 1 aromatic heterocycles. The molecule has 1 saturated heterocycles. The molecular formula is C23H34N4O2. The third-order valence-corrected chi connectivity index (χ3v) is 5.80. The van der Waals surface area contributed by atoms with Crippen LogP contribution in [0, 0.1) is 18.8 Å². The van der Waals surface area contributed by atoms with Gasteiger partial charge >= 0.3 is 0 Å². The van der Waals surface area contributed by atoms with Crippen LogP contribution >= 0.6 is 0 Å². The van der Waals surface area contributed by atoms with Crippen molar-refractivity contribution in [1.29, 1.82) is 0 Å².